The predicted molar refractivity (Wildman–Crippen MR) is 57.6 cm³/mol. The lowest BCUT2D eigenvalue weighted by molar-refractivity contribution is -0.140. The van der Waals surface area contributed by atoms with Crippen molar-refractivity contribution in [3.63, 3.8) is 0 Å². The molecule has 0 aliphatic rings. The number of ether oxygens (including phenoxy) is 1. The highest BCUT2D eigenvalue weighted by Gasteiger charge is 2.36. The molecule has 0 unspecified atom stereocenters. The smallest absolute Gasteiger partial charge is 0.433 e. The zero-order valence-electron chi connectivity index (χ0n) is 9.13. The van der Waals surface area contributed by atoms with Gasteiger partial charge in [0.25, 0.3) is 0 Å². The van der Waals surface area contributed by atoms with Crippen LogP contribution < -0.4 is 4.74 Å². The van der Waals surface area contributed by atoms with Crippen LogP contribution >= 0.6 is 0 Å². The van der Waals surface area contributed by atoms with Gasteiger partial charge in [-0.05, 0) is 18.2 Å². The van der Waals surface area contributed by atoms with Crippen molar-refractivity contribution in [1.29, 1.82) is 0 Å². The van der Waals surface area contributed by atoms with Crippen molar-refractivity contribution in [3.8, 4) is 5.75 Å². The molecule has 0 amide bonds. The highest BCUT2D eigenvalue weighted by molar-refractivity contribution is 5.94. The minimum atomic E-state index is -4.62. The summed E-state index contributed by atoms with van der Waals surface area (Å²) in [5.41, 5.74) is -1.34. The lowest BCUT2D eigenvalue weighted by atomic mass is 10.2. The Bertz CT molecular complexity index is 640. The summed E-state index contributed by atoms with van der Waals surface area (Å²) in [6, 6.07) is 4.30. The summed E-state index contributed by atoms with van der Waals surface area (Å²) in [7, 11) is 1.39. The summed E-state index contributed by atoms with van der Waals surface area (Å²) in [6.07, 6.45) is -3.50. The van der Waals surface area contributed by atoms with Gasteiger partial charge in [0.2, 0.25) is 6.08 Å². The van der Waals surface area contributed by atoms with E-state index in [0.717, 1.165) is 6.08 Å². The first-order chi connectivity index (χ1) is 8.47. The first-order valence-corrected chi connectivity index (χ1v) is 4.82. The van der Waals surface area contributed by atoms with E-state index in [0.29, 0.717) is 5.75 Å². The van der Waals surface area contributed by atoms with Crippen molar-refractivity contribution in [1.82, 2.24) is 4.98 Å². The molecule has 0 bridgehead atoms. The summed E-state index contributed by atoms with van der Waals surface area (Å²) in [5.74, 6) is 0.373. The number of carbonyl (C=O) groups excluding carboxylic acids is 1. The van der Waals surface area contributed by atoms with Crippen molar-refractivity contribution in [2.75, 3.05) is 7.11 Å². The van der Waals surface area contributed by atoms with Crippen LogP contribution in [0.5, 0.6) is 5.75 Å². The maximum absolute atomic E-state index is 12.7. The van der Waals surface area contributed by atoms with Gasteiger partial charge in [-0.1, -0.05) is 0 Å². The number of nitrogens with one attached hydrogen (secondary N) is 1. The van der Waals surface area contributed by atoms with E-state index < -0.39 is 17.6 Å². The largest absolute Gasteiger partial charge is 0.497 e. The summed E-state index contributed by atoms with van der Waals surface area (Å²) < 4.78 is 43.1. The Morgan fingerprint density at radius 1 is 1.39 bits per heavy atom. The zero-order chi connectivity index (χ0) is 13.3. The molecule has 0 fully saturated rings. The molecule has 0 radical (unpaired) electrons. The van der Waals surface area contributed by atoms with Gasteiger partial charge in [-0.25, -0.2) is 4.79 Å². The van der Waals surface area contributed by atoms with E-state index in [4.69, 9.17) is 4.74 Å². The van der Waals surface area contributed by atoms with E-state index in [2.05, 4.69) is 9.98 Å². The fraction of sp³-hybridized carbons (Fsp3) is 0.182. The lowest BCUT2D eigenvalue weighted by Gasteiger charge is -2.03. The summed E-state index contributed by atoms with van der Waals surface area (Å²) in [4.78, 5) is 15.6. The third-order valence-corrected chi connectivity index (χ3v) is 2.42. The molecule has 0 aliphatic carbocycles. The fourth-order valence-electron chi connectivity index (χ4n) is 1.65. The van der Waals surface area contributed by atoms with E-state index in [-0.39, 0.29) is 10.9 Å². The first-order valence-electron chi connectivity index (χ1n) is 4.82. The number of halogens is 3. The van der Waals surface area contributed by atoms with E-state index in [9.17, 15) is 18.0 Å². The van der Waals surface area contributed by atoms with E-state index in [1.165, 1.54) is 25.3 Å². The number of aromatic amines is 1. The number of alkyl halides is 3. The van der Waals surface area contributed by atoms with Gasteiger partial charge in [-0.3, -0.25) is 0 Å². The minimum Gasteiger partial charge on any atom is -0.497 e. The Balaban J connectivity index is 2.80. The molecule has 18 heavy (non-hydrogen) atoms. The Kier molecular flexibility index (Phi) is 2.84. The van der Waals surface area contributed by atoms with E-state index in [1.807, 2.05) is 0 Å². The van der Waals surface area contributed by atoms with Crippen LogP contribution in [0, 0.1) is 0 Å². The average molecular weight is 256 g/mol. The normalized spacial score (nSPS) is 11.3. The number of nitrogens with zero attached hydrogens (tertiary/aromatic N) is 1. The van der Waals surface area contributed by atoms with Crippen LogP contribution in [0.15, 0.2) is 23.2 Å². The SMILES string of the molecule is COc1ccc2[nH]c(C(F)(F)F)c(N=C=O)c2c1. The van der Waals surface area contributed by atoms with Gasteiger partial charge in [0.1, 0.15) is 17.1 Å². The molecule has 2 rings (SSSR count). The number of fused-ring (bicyclic) bond motifs is 1. The molecule has 2 aromatic rings. The van der Waals surface area contributed by atoms with Gasteiger partial charge in [-0.2, -0.15) is 18.2 Å². The molecule has 0 spiro atoms. The lowest BCUT2D eigenvalue weighted by Crippen LogP contribution is -2.05. The van der Waals surface area contributed by atoms with Gasteiger partial charge < -0.3 is 9.72 Å². The third kappa shape index (κ3) is 1.96. The molecule has 0 atom stereocenters. The Morgan fingerprint density at radius 3 is 2.67 bits per heavy atom. The second-order valence-corrected chi connectivity index (χ2v) is 3.46. The molecule has 1 aromatic carbocycles. The van der Waals surface area contributed by atoms with Crippen LogP contribution in [0.4, 0.5) is 18.9 Å². The fourth-order valence-corrected chi connectivity index (χ4v) is 1.65. The highest BCUT2D eigenvalue weighted by Crippen LogP contribution is 2.41. The number of methoxy groups -OCH3 is 1. The molecular weight excluding hydrogens is 249 g/mol. The summed E-state index contributed by atoms with van der Waals surface area (Å²) in [6.45, 7) is 0. The topological polar surface area (TPSA) is 54.4 Å². The van der Waals surface area contributed by atoms with Crippen molar-refractivity contribution in [3.05, 3.63) is 23.9 Å². The number of rotatable bonds is 2. The quantitative estimate of drug-likeness (QED) is 0.662. The number of aliphatic imine (C=N–C) groups is 1. The van der Waals surface area contributed by atoms with E-state index >= 15 is 0 Å². The maximum atomic E-state index is 12.7. The van der Waals surface area contributed by atoms with Gasteiger partial charge >= 0.3 is 6.18 Å². The number of isocyanates is 1. The Hall–Kier alpha value is -2.27. The number of hydrogen-bond donors (Lipinski definition) is 1. The van der Waals surface area contributed by atoms with Crippen LogP contribution in [0.2, 0.25) is 0 Å². The Labute approximate surface area is 99.1 Å². The third-order valence-electron chi connectivity index (χ3n) is 2.42. The van der Waals surface area contributed by atoms with Crippen LogP contribution in [0.3, 0.4) is 0 Å². The molecule has 1 N–H and O–H groups in total. The number of benzene rings is 1. The molecule has 0 aliphatic heterocycles. The molecule has 1 aromatic heterocycles. The molecule has 1 heterocycles. The van der Waals surface area contributed by atoms with Crippen LogP contribution in [-0.4, -0.2) is 18.2 Å². The first kappa shape index (κ1) is 12.2. The molecule has 7 heteroatoms. The van der Waals surface area contributed by atoms with E-state index in [1.54, 1.807) is 0 Å². The minimum absolute atomic E-state index is 0.157. The summed E-state index contributed by atoms with van der Waals surface area (Å²) >= 11 is 0. The number of H-pyrrole nitrogens is 1. The van der Waals surface area contributed by atoms with Gasteiger partial charge in [-0.15, -0.1) is 0 Å². The molecule has 94 valence electrons. The standard InChI is InChI=1S/C11H7F3N2O2/c1-18-6-2-3-8-7(4-6)9(15-5-17)10(16-8)11(12,13)14/h2-4,16H,1H3. The molecule has 0 saturated heterocycles. The maximum Gasteiger partial charge on any atom is 0.433 e. The number of hydrogen-bond acceptors (Lipinski definition) is 3. The van der Waals surface area contributed by atoms with Crippen LogP contribution in [0.1, 0.15) is 5.69 Å². The second-order valence-electron chi connectivity index (χ2n) is 3.46. The van der Waals surface area contributed by atoms with Crippen molar-refractivity contribution >= 4 is 22.7 Å². The van der Waals surface area contributed by atoms with Crippen LogP contribution in [0.25, 0.3) is 10.9 Å². The van der Waals surface area contributed by atoms with Crippen molar-refractivity contribution < 1.29 is 22.7 Å². The number of aromatic nitrogens is 1. The second kappa shape index (κ2) is 4.19. The van der Waals surface area contributed by atoms with Gasteiger partial charge in [0.05, 0.1) is 7.11 Å². The monoisotopic (exact) mass is 256 g/mol. The molecule has 0 saturated carbocycles. The van der Waals surface area contributed by atoms with Gasteiger partial charge in [0, 0.05) is 10.9 Å². The van der Waals surface area contributed by atoms with Crippen molar-refractivity contribution in [2.24, 2.45) is 4.99 Å². The molecule has 4 nitrogen and oxygen atoms in total. The van der Waals surface area contributed by atoms with Crippen molar-refractivity contribution in [2.45, 2.75) is 6.18 Å². The average Bonchev–Trinajstić information content (AvgIpc) is 2.68. The van der Waals surface area contributed by atoms with Crippen LogP contribution in [-0.2, 0) is 11.0 Å². The zero-order valence-corrected chi connectivity index (χ0v) is 9.13. The van der Waals surface area contributed by atoms with Gasteiger partial charge in [0.15, 0.2) is 0 Å². The summed E-state index contributed by atoms with van der Waals surface area (Å²) in [5, 5.41) is 0.157. The predicted octanol–water partition coefficient (Wildman–Crippen LogP) is 3.16. The molecular formula is C11H7F3N2O2. The highest BCUT2D eigenvalue weighted by atomic mass is 19.4. The Morgan fingerprint density at radius 2 is 2.11 bits per heavy atom.